The van der Waals surface area contributed by atoms with Crippen molar-refractivity contribution < 1.29 is 19.0 Å². The summed E-state index contributed by atoms with van der Waals surface area (Å²) in [5.74, 6) is 0.191. The molecule has 0 aliphatic carbocycles. The molecule has 2 aromatic rings. The molecule has 0 saturated carbocycles. The summed E-state index contributed by atoms with van der Waals surface area (Å²) in [6.07, 6.45) is 1.72. The summed E-state index contributed by atoms with van der Waals surface area (Å²) in [6, 6.07) is 14.9. The molecule has 4 nitrogen and oxygen atoms in total. The standard InChI is InChI=1S/C20H22FNO3/c21-17-7-9-18(10-8-17)25-15-20(24)11-4-13-22(14-12-20)19(23)16-5-2-1-3-6-16/h1-3,5-10,24H,4,11-15H2. The number of amides is 1. The lowest BCUT2D eigenvalue weighted by atomic mass is 9.96. The van der Waals surface area contributed by atoms with Crippen LogP contribution in [0, 0.1) is 5.82 Å². The second-order valence-electron chi connectivity index (χ2n) is 6.48. The van der Waals surface area contributed by atoms with E-state index in [-0.39, 0.29) is 18.3 Å². The quantitative estimate of drug-likeness (QED) is 0.927. The lowest BCUT2D eigenvalue weighted by molar-refractivity contribution is -0.0163. The predicted octanol–water partition coefficient (Wildman–Crippen LogP) is 3.26. The van der Waals surface area contributed by atoms with E-state index in [0.29, 0.717) is 43.7 Å². The van der Waals surface area contributed by atoms with Gasteiger partial charge in [-0.2, -0.15) is 0 Å². The van der Waals surface area contributed by atoms with Gasteiger partial charge in [-0.05, 0) is 55.7 Å². The fourth-order valence-electron chi connectivity index (χ4n) is 3.04. The molecule has 1 aliphatic heterocycles. The number of rotatable bonds is 4. The van der Waals surface area contributed by atoms with Crippen LogP contribution < -0.4 is 4.74 Å². The molecule has 1 saturated heterocycles. The molecule has 5 heteroatoms. The van der Waals surface area contributed by atoms with Crippen molar-refractivity contribution in [1.82, 2.24) is 4.90 Å². The molecule has 1 atom stereocenters. The molecule has 0 bridgehead atoms. The SMILES string of the molecule is O=C(c1ccccc1)N1CCCC(O)(COc2ccc(F)cc2)CC1. The van der Waals surface area contributed by atoms with Gasteiger partial charge in [0.1, 0.15) is 23.8 Å². The molecule has 1 unspecified atom stereocenters. The van der Waals surface area contributed by atoms with E-state index in [2.05, 4.69) is 0 Å². The number of benzene rings is 2. The topological polar surface area (TPSA) is 49.8 Å². The minimum absolute atomic E-state index is 0.00990. The van der Waals surface area contributed by atoms with E-state index < -0.39 is 5.60 Å². The van der Waals surface area contributed by atoms with Gasteiger partial charge in [-0.15, -0.1) is 0 Å². The largest absolute Gasteiger partial charge is 0.491 e. The van der Waals surface area contributed by atoms with Crippen LogP contribution in [0.3, 0.4) is 0 Å². The minimum Gasteiger partial charge on any atom is -0.491 e. The first-order valence-corrected chi connectivity index (χ1v) is 8.51. The van der Waals surface area contributed by atoms with Gasteiger partial charge < -0.3 is 14.7 Å². The van der Waals surface area contributed by atoms with Crippen LogP contribution in [0.4, 0.5) is 4.39 Å². The molecule has 0 spiro atoms. The molecule has 0 radical (unpaired) electrons. The maximum absolute atomic E-state index is 12.9. The van der Waals surface area contributed by atoms with Gasteiger partial charge in [0.15, 0.2) is 0 Å². The van der Waals surface area contributed by atoms with Crippen LogP contribution in [-0.2, 0) is 0 Å². The third-order valence-electron chi connectivity index (χ3n) is 4.55. The Kier molecular flexibility index (Phi) is 5.34. The molecular weight excluding hydrogens is 321 g/mol. The van der Waals surface area contributed by atoms with Crippen molar-refractivity contribution in [1.29, 1.82) is 0 Å². The van der Waals surface area contributed by atoms with Gasteiger partial charge in [-0.25, -0.2) is 4.39 Å². The van der Waals surface area contributed by atoms with Crippen LogP contribution in [0.25, 0.3) is 0 Å². The van der Waals surface area contributed by atoms with Crippen LogP contribution >= 0.6 is 0 Å². The summed E-state index contributed by atoms with van der Waals surface area (Å²) in [7, 11) is 0. The molecule has 25 heavy (non-hydrogen) atoms. The van der Waals surface area contributed by atoms with Crippen molar-refractivity contribution in [2.24, 2.45) is 0 Å². The van der Waals surface area contributed by atoms with Crippen LogP contribution in [0.15, 0.2) is 54.6 Å². The number of likely N-dealkylation sites (tertiary alicyclic amines) is 1. The highest BCUT2D eigenvalue weighted by Gasteiger charge is 2.32. The summed E-state index contributed by atoms with van der Waals surface area (Å²) in [6.45, 7) is 1.23. The molecule has 1 fully saturated rings. The number of hydrogen-bond donors (Lipinski definition) is 1. The van der Waals surface area contributed by atoms with Crippen LogP contribution in [0.1, 0.15) is 29.6 Å². The number of carbonyl (C=O) groups excluding carboxylic acids is 1. The zero-order chi connectivity index (χ0) is 17.7. The smallest absolute Gasteiger partial charge is 0.253 e. The number of ether oxygens (including phenoxy) is 1. The van der Waals surface area contributed by atoms with Gasteiger partial charge in [0.05, 0.1) is 0 Å². The van der Waals surface area contributed by atoms with E-state index in [1.165, 1.54) is 12.1 Å². The third-order valence-corrected chi connectivity index (χ3v) is 4.55. The molecule has 1 aliphatic rings. The van der Waals surface area contributed by atoms with E-state index in [1.807, 2.05) is 18.2 Å². The molecule has 1 N–H and O–H groups in total. The number of hydrogen-bond acceptors (Lipinski definition) is 3. The normalized spacial score (nSPS) is 20.8. The Morgan fingerprint density at radius 3 is 2.52 bits per heavy atom. The van der Waals surface area contributed by atoms with Crippen molar-refractivity contribution in [3.8, 4) is 5.75 Å². The van der Waals surface area contributed by atoms with Gasteiger partial charge in [0.25, 0.3) is 5.91 Å². The summed E-state index contributed by atoms with van der Waals surface area (Å²) in [5, 5.41) is 10.8. The highest BCUT2D eigenvalue weighted by molar-refractivity contribution is 5.94. The summed E-state index contributed by atoms with van der Waals surface area (Å²) in [4.78, 5) is 14.3. The average Bonchev–Trinajstić information content (AvgIpc) is 2.84. The lowest BCUT2D eigenvalue weighted by Crippen LogP contribution is -2.38. The Bertz CT molecular complexity index is 705. The van der Waals surface area contributed by atoms with E-state index in [4.69, 9.17) is 4.74 Å². The molecule has 132 valence electrons. The fraction of sp³-hybridized carbons (Fsp3) is 0.350. The highest BCUT2D eigenvalue weighted by atomic mass is 19.1. The van der Waals surface area contributed by atoms with Gasteiger partial charge in [-0.1, -0.05) is 18.2 Å². The number of nitrogens with zero attached hydrogens (tertiary/aromatic N) is 1. The first-order chi connectivity index (χ1) is 12.1. The zero-order valence-corrected chi connectivity index (χ0v) is 14.0. The Hall–Kier alpha value is -2.40. The second-order valence-corrected chi connectivity index (χ2v) is 6.48. The van der Waals surface area contributed by atoms with Crippen molar-refractivity contribution in [2.75, 3.05) is 19.7 Å². The van der Waals surface area contributed by atoms with Gasteiger partial charge in [0, 0.05) is 18.7 Å². The van der Waals surface area contributed by atoms with Crippen molar-refractivity contribution in [3.05, 3.63) is 66.0 Å². The molecule has 1 heterocycles. The van der Waals surface area contributed by atoms with E-state index in [1.54, 1.807) is 29.2 Å². The predicted molar refractivity (Wildman–Crippen MR) is 93.0 cm³/mol. The van der Waals surface area contributed by atoms with Crippen molar-refractivity contribution >= 4 is 5.91 Å². The Morgan fingerprint density at radius 2 is 1.80 bits per heavy atom. The lowest BCUT2D eigenvalue weighted by Gasteiger charge is -2.27. The van der Waals surface area contributed by atoms with E-state index >= 15 is 0 Å². The molecule has 1 amide bonds. The van der Waals surface area contributed by atoms with E-state index in [0.717, 1.165) is 0 Å². The first-order valence-electron chi connectivity index (χ1n) is 8.51. The molecular formula is C20H22FNO3. The van der Waals surface area contributed by atoms with Gasteiger partial charge in [0.2, 0.25) is 0 Å². The maximum Gasteiger partial charge on any atom is 0.253 e. The van der Waals surface area contributed by atoms with Crippen LogP contribution in [-0.4, -0.2) is 41.2 Å². The third kappa shape index (κ3) is 4.57. The summed E-state index contributed by atoms with van der Waals surface area (Å²) < 4.78 is 18.5. The summed E-state index contributed by atoms with van der Waals surface area (Å²) in [5.41, 5.74) is -0.324. The summed E-state index contributed by atoms with van der Waals surface area (Å²) >= 11 is 0. The average molecular weight is 343 g/mol. The molecule has 3 rings (SSSR count). The second kappa shape index (κ2) is 7.66. The fourth-order valence-corrected chi connectivity index (χ4v) is 3.04. The Morgan fingerprint density at radius 1 is 1.08 bits per heavy atom. The maximum atomic E-state index is 12.9. The Balaban J connectivity index is 1.58. The zero-order valence-electron chi connectivity index (χ0n) is 14.0. The Labute approximate surface area is 146 Å². The number of halogens is 1. The van der Waals surface area contributed by atoms with Crippen molar-refractivity contribution in [2.45, 2.75) is 24.9 Å². The van der Waals surface area contributed by atoms with Gasteiger partial charge in [-0.3, -0.25) is 4.79 Å². The first kappa shape index (κ1) is 17.4. The highest BCUT2D eigenvalue weighted by Crippen LogP contribution is 2.25. The number of carbonyl (C=O) groups is 1. The van der Waals surface area contributed by atoms with Gasteiger partial charge >= 0.3 is 0 Å². The van der Waals surface area contributed by atoms with Crippen LogP contribution in [0.2, 0.25) is 0 Å². The van der Waals surface area contributed by atoms with E-state index in [9.17, 15) is 14.3 Å². The van der Waals surface area contributed by atoms with Crippen LogP contribution in [0.5, 0.6) is 5.75 Å². The molecule has 2 aromatic carbocycles. The minimum atomic E-state index is -0.986. The van der Waals surface area contributed by atoms with Crippen molar-refractivity contribution in [3.63, 3.8) is 0 Å². The number of aliphatic hydroxyl groups is 1. The molecule has 0 aromatic heterocycles. The monoisotopic (exact) mass is 343 g/mol.